The van der Waals surface area contributed by atoms with Gasteiger partial charge in [-0.2, -0.15) is 0 Å². The van der Waals surface area contributed by atoms with E-state index in [1.165, 1.54) is 0 Å². The first-order chi connectivity index (χ1) is 6.90. The van der Waals surface area contributed by atoms with E-state index in [9.17, 15) is 4.39 Å². The van der Waals surface area contributed by atoms with Gasteiger partial charge >= 0.3 is 0 Å². The van der Waals surface area contributed by atoms with Crippen LogP contribution in [0.25, 0.3) is 0 Å². The smallest absolute Gasteiger partial charge is 0.163 e. The molecular formula is C10H12FNO2. The average molecular weight is 197 g/mol. The summed E-state index contributed by atoms with van der Waals surface area (Å²) < 4.78 is 22.6. The van der Waals surface area contributed by atoms with E-state index >= 15 is 0 Å². The van der Waals surface area contributed by atoms with Crippen LogP contribution in [-0.2, 0) is 0 Å². The number of alkyl halides is 1. The zero-order valence-electron chi connectivity index (χ0n) is 7.75. The van der Waals surface area contributed by atoms with Gasteiger partial charge in [0.15, 0.2) is 11.5 Å². The van der Waals surface area contributed by atoms with Crippen LogP contribution in [-0.4, -0.2) is 26.4 Å². The highest BCUT2D eigenvalue weighted by Crippen LogP contribution is 2.32. The van der Waals surface area contributed by atoms with Gasteiger partial charge in [-0.1, -0.05) is 0 Å². The molecule has 0 saturated heterocycles. The second kappa shape index (κ2) is 4.17. The number of halogens is 1. The number of ether oxygens (including phenoxy) is 2. The molecule has 1 aromatic rings. The highest BCUT2D eigenvalue weighted by molar-refractivity contribution is 5.55. The van der Waals surface area contributed by atoms with Crippen molar-refractivity contribution < 1.29 is 13.9 Å². The van der Waals surface area contributed by atoms with Gasteiger partial charge in [0, 0.05) is 18.3 Å². The van der Waals surface area contributed by atoms with Crippen molar-refractivity contribution >= 4 is 5.69 Å². The summed E-state index contributed by atoms with van der Waals surface area (Å²) >= 11 is 0. The van der Waals surface area contributed by atoms with Gasteiger partial charge in [0.05, 0.1) is 0 Å². The third kappa shape index (κ3) is 1.89. The summed E-state index contributed by atoms with van der Waals surface area (Å²) in [4.78, 5) is 0. The number of anilines is 1. The molecule has 0 fully saturated rings. The van der Waals surface area contributed by atoms with Crippen molar-refractivity contribution in [1.29, 1.82) is 0 Å². The minimum Gasteiger partial charge on any atom is -0.486 e. The molecule has 14 heavy (non-hydrogen) atoms. The fourth-order valence-electron chi connectivity index (χ4n) is 1.34. The fraction of sp³-hybridized carbons (Fsp3) is 0.400. The van der Waals surface area contributed by atoms with Crippen molar-refractivity contribution in [2.24, 2.45) is 0 Å². The molecule has 76 valence electrons. The van der Waals surface area contributed by atoms with E-state index in [0.29, 0.717) is 19.8 Å². The summed E-state index contributed by atoms with van der Waals surface area (Å²) in [5.74, 6) is 1.47. The molecule has 0 unspecified atom stereocenters. The molecule has 0 atom stereocenters. The summed E-state index contributed by atoms with van der Waals surface area (Å²) in [6.07, 6.45) is 0. The van der Waals surface area contributed by atoms with Crippen molar-refractivity contribution in [3.8, 4) is 11.5 Å². The number of hydrogen-bond acceptors (Lipinski definition) is 3. The number of nitrogens with one attached hydrogen (secondary N) is 1. The van der Waals surface area contributed by atoms with Crippen LogP contribution in [0.2, 0.25) is 0 Å². The van der Waals surface area contributed by atoms with Gasteiger partial charge in [-0.3, -0.25) is 0 Å². The third-order valence-electron chi connectivity index (χ3n) is 1.97. The van der Waals surface area contributed by atoms with Crippen LogP contribution in [0.4, 0.5) is 10.1 Å². The minimum atomic E-state index is -0.381. The molecule has 2 rings (SSSR count). The standard InChI is InChI=1S/C10H12FNO2/c11-3-4-12-8-1-2-9-10(7-8)14-6-5-13-9/h1-2,7,12H,3-6H2. The van der Waals surface area contributed by atoms with Gasteiger partial charge in [-0.05, 0) is 12.1 Å². The van der Waals surface area contributed by atoms with E-state index < -0.39 is 0 Å². The Morgan fingerprint density at radius 3 is 2.79 bits per heavy atom. The van der Waals surface area contributed by atoms with Crippen LogP contribution in [0.15, 0.2) is 18.2 Å². The zero-order valence-corrected chi connectivity index (χ0v) is 7.75. The van der Waals surface area contributed by atoms with Crippen molar-refractivity contribution in [2.45, 2.75) is 0 Å². The van der Waals surface area contributed by atoms with Gasteiger partial charge in [-0.25, -0.2) is 4.39 Å². The quantitative estimate of drug-likeness (QED) is 0.802. The molecular weight excluding hydrogens is 185 g/mol. The SMILES string of the molecule is FCCNc1ccc2c(c1)OCCO2. The topological polar surface area (TPSA) is 30.5 Å². The van der Waals surface area contributed by atoms with Crippen LogP contribution >= 0.6 is 0 Å². The highest BCUT2D eigenvalue weighted by Gasteiger charge is 2.11. The molecule has 0 aliphatic carbocycles. The molecule has 4 heteroatoms. The molecule has 1 N–H and O–H groups in total. The fourth-order valence-corrected chi connectivity index (χ4v) is 1.34. The maximum absolute atomic E-state index is 11.9. The Bertz CT molecular complexity index is 317. The van der Waals surface area contributed by atoms with E-state index in [-0.39, 0.29) is 6.67 Å². The van der Waals surface area contributed by atoms with Crippen LogP contribution < -0.4 is 14.8 Å². The summed E-state index contributed by atoms with van der Waals surface area (Å²) in [6.45, 7) is 1.10. The summed E-state index contributed by atoms with van der Waals surface area (Å²) in [6, 6.07) is 5.50. The lowest BCUT2D eigenvalue weighted by Gasteiger charge is -2.19. The lowest BCUT2D eigenvalue weighted by molar-refractivity contribution is 0.171. The second-order valence-electron chi connectivity index (χ2n) is 2.97. The minimum absolute atomic E-state index is 0.319. The van der Waals surface area contributed by atoms with Gasteiger partial charge in [-0.15, -0.1) is 0 Å². The highest BCUT2D eigenvalue weighted by atomic mass is 19.1. The molecule has 1 aromatic carbocycles. The zero-order chi connectivity index (χ0) is 9.80. The first-order valence-electron chi connectivity index (χ1n) is 4.59. The van der Waals surface area contributed by atoms with E-state index in [1.54, 1.807) is 0 Å². The Kier molecular flexibility index (Phi) is 2.72. The Morgan fingerprint density at radius 1 is 1.21 bits per heavy atom. The molecule has 0 spiro atoms. The Labute approximate surface area is 81.8 Å². The predicted octanol–water partition coefficient (Wildman–Crippen LogP) is 1.84. The van der Waals surface area contributed by atoms with E-state index in [4.69, 9.17) is 9.47 Å². The Balaban J connectivity index is 2.12. The Hall–Kier alpha value is -1.45. The normalized spacial score (nSPS) is 13.8. The van der Waals surface area contributed by atoms with Crippen molar-refractivity contribution in [3.05, 3.63) is 18.2 Å². The molecule has 0 bridgehead atoms. The molecule has 1 aliphatic heterocycles. The van der Waals surface area contributed by atoms with Crippen molar-refractivity contribution in [2.75, 3.05) is 31.7 Å². The maximum atomic E-state index is 11.9. The second-order valence-corrected chi connectivity index (χ2v) is 2.97. The Morgan fingerprint density at radius 2 is 2.00 bits per heavy atom. The molecule has 0 aromatic heterocycles. The van der Waals surface area contributed by atoms with Crippen LogP contribution in [0, 0.1) is 0 Å². The van der Waals surface area contributed by atoms with Crippen LogP contribution in [0.3, 0.4) is 0 Å². The van der Waals surface area contributed by atoms with E-state index in [0.717, 1.165) is 17.2 Å². The van der Waals surface area contributed by atoms with Crippen molar-refractivity contribution in [3.63, 3.8) is 0 Å². The average Bonchev–Trinajstić information content (AvgIpc) is 2.26. The maximum Gasteiger partial charge on any atom is 0.163 e. The molecule has 0 amide bonds. The van der Waals surface area contributed by atoms with Crippen LogP contribution in [0.1, 0.15) is 0 Å². The summed E-state index contributed by atoms with van der Waals surface area (Å²) in [7, 11) is 0. The number of fused-ring (bicyclic) bond motifs is 1. The van der Waals surface area contributed by atoms with Gasteiger partial charge in [0.1, 0.15) is 19.9 Å². The van der Waals surface area contributed by atoms with Crippen molar-refractivity contribution in [1.82, 2.24) is 0 Å². The summed E-state index contributed by atoms with van der Waals surface area (Å²) in [5.41, 5.74) is 0.854. The predicted molar refractivity (Wildman–Crippen MR) is 51.9 cm³/mol. The monoisotopic (exact) mass is 197 g/mol. The van der Waals surface area contributed by atoms with Gasteiger partial charge in [0.2, 0.25) is 0 Å². The number of benzene rings is 1. The third-order valence-corrected chi connectivity index (χ3v) is 1.97. The largest absolute Gasteiger partial charge is 0.486 e. The molecule has 3 nitrogen and oxygen atoms in total. The first kappa shape index (κ1) is 9.12. The van der Waals surface area contributed by atoms with Crippen LogP contribution in [0.5, 0.6) is 11.5 Å². The molecule has 0 saturated carbocycles. The van der Waals surface area contributed by atoms with E-state index in [1.807, 2.05) is 18.2 Å². The lowest BCUT2D eigenvalue weighted by atomic mass is 10.2. The number of rotatable bonds is 3. The van der Waals surface area contributed by atoms with Gasteiger partial charge in [0.25, 0.3) is 0 Å². The van der Waals surface area contributed by atoms with Gasteiger partial charge < -0.3 is 14.8 Å². The molecule has 1 aliphatic rings. The van der Waals surface area contributed by atoms with E-state index in [2.05, 4.69) is 5.32 Å². The summed E-state index contributed by atoms with van der Waals surface area (Å²) in [5, 5.41) is 2.93. The first-order valence-corrected chi connectivity index (χ1v) is 4.59. The molecule has 0 radical (unpaired) electrons. The number of hydrogen-bond donors (Lipinski definition) is 1. The molecule has 1 heterocycles. The lowest BCUT2D eigenvalue weighted by Crippen LogP contribution is -2.15.